The van der Waals surface area contributed by atoms with Crippen LogP contribution in [0.2, 0.25) is 5.02 Å². The molecule has 1 aliphatic rings. The van der Waals surface area contributed by atoms with Crippen LogP contribution >= 0.6 is 11.6 Å². The molecule has 0 saturated heterocycles. The van der Waals surface area contributed by atoms with E-state index >= 15 is 0 Å². The molecule has 5 aromatic rings. The fourth-order valence-corrected chi connectivity index (χ4v) is 8.36. The third-order valence-electron chi connectivity index (χ3n) is 7.86. The number of ketones is 1. The Kier molecular flexibility index (Phi) is 19.2. The van der Waals surface area contributed by atoms with E-state index in [-0.39, 0.29) is 129 Å². The number of allylic oxidation sites excluding steroid dienone is 1. The molecule has 0 unspecified atom stereocenters. The molecular formula is C31H15ClF2N6Na4O14S4. The minimum absolute atomic E-state index is 0. The summed E-state index contributed by atoms with van der Waals surface area (Å²) in [5.41, 5.74) is -2.82. The number of aromatic nitrogens is 2. The average Bonchev–Trinajstić information content (AvgIpc) is 3.10. The van der Waals surface area contributed by atoms with Gasteiger partial charge in [-0.1, -0.05) is 35.9 Å². The summed E-state index contributed by atoms with van der Waals surface area (Å²) in [6, 6.07) is 10.1. The molecule has 4 aromatic carbocycles. The van der Waals surface area contributed by atoms with Crippen molar-refractivity contribution in [2.75, 3.05) is 16.1 Å². The molecule has 0 atom stereocenters. The van der Waals surface area contributed by atoms with Gasteiger partial charge in [0.05, 0.1) is 36.5 Å². The molecule has 20 nitrogen and oxygen atoms in total. The van der Waals surface area contributed by atoms with Crippen molar-refractivity contribution in [2.45, 2.75) is 14.7 Å². The Morgan fingerprint density at radius 1 is 0.726 bits per heavy atom. The number of nitrogens with zero attached hydrogens (tertiary/aromatic N) is 3. The van der Waals surface area contributed by atoms with E-state index < -0.39 is 134 Å². The third kappa shape index (κ3) is 12.3. The molecule has 1 aromatic heterocycles. The van der Waals surface area contributed by atoms with Crippen LogP contribution in [-0.4, -0.2) is 79.3 Å². The van der Waals surface area contributed by atoms with E-state index in [9.17, 15) is 70.3 Å². The maximum atomic E-state index is 14.0. The van der Waals surface area contributed by atoms with Crippen LogP contribution in [-0.2, 0) is 40.5 Å². The number of nitrogens with one attached hydrogen (secondary N) is 3. The number of carbonyl (C=O) groups is 2. The van der Waals surface area contributed by atoms with E-state index in [2.05, 4.69) is 25.7 Å². The zero-order valence-corrected chi connectivity index (χ0v) is 43.8. The molecule has 1 aliphatic carbocycles. The van der Waals surface area contributed by atoms with Crippen LogP contribution in [0.4, 0.5) is 31.7 Å². The standard InChI is InChI=1S/C31H19ClF2N6O14S4.4Na/c32-24-28(33)37-31(34)38-29(24)35-15-4-1-3-13(9-15)30(42)36-20-12-16(55(43,44)45)10-14-11-22(57(49,50)51)25(26(41)23(14)20)40-39-19-8-7-17-18(27(19)58(52,53)54)5-2-6-21(17)56(46,47)48;;;;/h1-12,39H,(H,36,42)(H,35,37,38)(H,43,44,45)(H,46,47,48)(H,49,50,51)(H,52,53,54);;;;/q;4*+1/p-4. The normalized spacial score (nSPS) is 13.3. The van der Waals surface area contributed by atoms with Gasteiger partial charge in [-0.05, 0) is 54.1 Å². The zero-order chi connectivity index (χ0) is 42.7. The molecule has 3 N–H and O–H groups in total. The van der Waals surface area contributed by atoms with Gasteiger partial charge in [-0.15, -0.1) is 0 Å². The molecule has 0 radical (unpaired) electrons. The topological polar surface area (TPSA) is 337 Å². The first-order chi connectivity index (χ1) is 26.8. The zero-order valence-electron chi connectivity index (χ0n) is 31.8. The summed E-state index contributed by atoms with van der Waals surface area (Å²) in [5.74, 6) is -4.70. The molecule has 0 fully saturated rings. The second-order valence-corrected chi connectivity index (χ2v) is 17.3. The quantitative estimate of drug-likeness (QED) is 0.0385. The number of hydrazone groups is 1. The predicted octanol–water partition coefficient (Wildman–Crippen LogP) is -9.16. The van der Waals surface area contributed by atoms with Gasteiger partial charge in [0.2, 0.25) is 11.7 Å². The van der Waals surface area contributed by atoms with Crippen LogP contribution in [0.1, 0.15) is 26.3 Å². The van der Waals surface area contributed by atoms with Gasteiger partial charge in [0, 0.05) is 22.0 Å². The fourth-order valence-electron chi connectivity index (χ4n) is 5.52. The van der Waals surface area contributed by atoms with Crippen molar-refractivity contribution in [3.05, 3.63) is 105 Å². The molecule has 62 heavy (non-hydrogen) atoms. The van der Waals surface area contributed by atoms with Crippen molar-refractivity contribution in [2.24, 2.45) is 5.10 Å². The molecule has 6 rings (SSSR count). The Morgan fingerprint density at radius 2 is 1.37 bits per heavy atom. The number of hydrogen-bond donors (Lipinski definition) is 3. The van der Waals surface area contributed by atoms with Crippen molar-refractivity contribution < 1.29 is 188 Å². The summed E-state index contributed by atoms with van der Waals surface area (Å²) in [6.07, 6.45) is -1.09. The third-order valence-corrected chi connectivity index (χ3v) is 11.7. The number of anilines is 4. The van der Waals surface area contributed by atoms with E-state index in [0.717, 1.165) is 42.5 Å². The Bertz CT molecular complexity index is 3210. The van der Waals surface area contributed by atoms with E-state index in [1.54, 1.807) is 0 Å². The Morgan fingerprint density at radius 3 is 1.97 bits per heavy atom. The molecule has 0 bridgehead atoms. The van der Waals surface area contributed by atoms with Gasteiger partial charge in [-0.25, -0.2) is 33.7 Å². The van der Waals surface area contributed by atoms with Gasteiger partial charge < -0.3 is 28.8 Å². The smallest absolute Gasteiger partial charge is 0.744 e. The summed E-state index contributed by atoms with van der Waals surface area (Å²) < 4.78 is 174. The van der Waals surface area contributed by atoms with E-state index in [1.807, 2.05) is 5.43 Å². The first-order valence-electron chi connectivity index (χ1n) is 15.1. The molecule has 0 saturated carbocycles. The second-order valence-electron chi connectivity index (χ2n) is 11.6. The number of fused-ring (bicyclic) bond motifs is 2. The van der Waals surface area contributed by atoms with Crippen LogP contribution < -0.4 is 134 Å². The van der Waals surface area contributed by atoms with Gasteiger partial charge in [0.15, 0.2) is 5.82 Å². The van der Waals surface area contributed by atoms with Crippen LogP contribution in [0, 0.1) is 12.0 Å². The van der Waals surface area contributed by atoms with Crippen molar-refractivity contribution >= 4 is 109 Å². The first kappa shape index (κ1) is 56.3. The molecule has 302 valence electrons. The number of hydrogen-bond acceptors (Lipinski definition) is 19. The van der Waals surface area contributed by atoms with Gasteiger partial charge in [-0.2, -0.15) is 23.9 Å². The van der Waals surface area contributed by atoms with Crippen LogP contribution in [0.3, 0.4) is 0 Å². The molecule has 1 amide bonds. The molecule has 31 heteroatoms. The fraction of sp³-hybridized carbons (Fsp3) is 0. The largest absolute Gasteiger partial charge is 1.00 e. The van der Waals surface area contributed by atoms with Crippen LogP contribution in [0.15, 0.2) is 91.4 Å². The van der Waals surface area contributed by atoms with Crippen molar-refractivity contribution in [3.8, 4) is 0 Å². The average molecular weight is 989 g/mol. The summed E-state index contributed by atoms with van der Waals surface area (Å²) in [5, 5.41) is 6.31. The van der Waals surface area contributed by atoms with Gasteiger partial charge in [0.1, 0.15) is 51.2 Å². The van der Waals surface area contributed by atoms with Crippen molar-refractivity contribution in [1.82, 2.24) is 9.97 Å². The van der Waals surface area contributed by atoms with E-state index in [4.69, 9.17) is 11.6 Å². The van der Waals surface area contributed by atoms with Crippen molar-refractivity contribution in [1.29, 1.82) is 0 Å². The summed E-state index contributed by atoms with van der Waals surface area (Å²) in [4.78, 5) is 28.9. The van der Waals surface area contributed by atoms with Crippen LogP contribution in [0.5, 0.6) is 0 Å². The van der Waals surface area contributed by atoms with Gasteiger partial charge in [-0.3, -0.25) is 15.0 Å². The summed E-state index contributed by atoms with van der Waals surface area (Å²) in [7, 11) is -22.1. The number of benzene rings is 4. The first-order valence-corrected chi connectivity index (χ1v) is 21.1. The maximum absolute atomic E-state index is 14.0. The number of halogens is 3. The minimum Gasteiger partial charge on any atom is -0.744 e. The van der Waals surface area contributed by atoms with E-state index in [0.29, 0.717) is 18.2 Å². The van der Waals surface area contributed by atoms with Crippen LogP contribution in [0.25, 0.3) is 16.8 Å². The number of Topliss-reactive ketones (excluding diaryl/α,β-unsaturated/α-hetero) is 1. The minimum atomic E-state index is -5.77. The summed E-state index contributed by atoms with van der Waals surface area (Å²) >= 11 is 5.77. The van der Waals surface area contributed by atoms with Crippen molar-refractivity contribution in [3.63, 3.8) is 0 Å². The second kappa shape index (κ2) is 21.2. The molecule has 0 spiro atoms. The van der Waals surface area contributed by atoms with E-state index in [1.165, 1.54) is 12.1 Å². The van der Waals surface area contributed by atoms with Gasteiger partial charge >= 0.3 is 124 Å². The van der Waals surface area contributed by atoms with Gasteiger partial charge in [0.25, 0.3) is 5.91 Å². The Hall–Kier alpha value is -1.84. The molecule has 0 aliphatic heterocycles. The number of rotatable bonds is 10. The monoisotopic (exact) mass is 988 g/mol. The number of amides is 1. The Labute approximate surface area is 442 Å². The SMILES string of the molecule is O=C(Nc1cc(S(=O)(=O)[O-])cc2c1C(=O)C(=NNc1ccc3c(S(=O)(=O)[O-])cccc3c1S(=O)(=O)[O-])C(S(=O)(=O)[O-])=C2)c1cccc(Nc2nc(F)nc(F)c2Cl)c1.[Na+].[Na+].[Na+].[Na+]. The molecule has 1 heterocycles. The summed E-state index contributed by atoms with van der Waals surface area (Å²) in [6.45, 7) is 0. The maximum Gasteiger partial charge on any atom is 1.00 e. The molecular weight excluding hydrogens is 974 g/mol. The predicted molar refractivity (Wildman–Crippen MR) is 192 cm³/mol. The number of carbonyl (C=O) groups excluding carboxylic acids is 2. The Balaban J connectivity index is 0.00000331.